The van der Waals surface area contributed by atoms with Crippen LogP contribution in [0.4, 0.5) is 0 Å². The summed E-state index contributed by atoms with van der Waals surface area (Å²) in [6.45, 7) is 1.07. The van der Waals surface area contributed by atoms with Crippen molar-refractivity contribution >= 4 is 11.8 Å². The highest BCUT2D eigenvalue weighted by Gasteiger charge is 2.52. The number of fused-ring (bicyclic) bond motifs is 3. The Morgan fingerprint density at radius 3 is 2.94 bits per heavy atom. The van der Waals surface area contributed by atoms with Gasteiger partial charge in [0.1, 0.15) is 0 Å². The zero-order valence-electron chi connectivity index (χ0n) is 10.2. The molecular formula is C13H19NO3. The zero-order valence-corrected chi connectivity index (χ0v) is 10.2. The lowest BCUT2D eigenvalue weighted by Gasteiger charge is -2.33. The van der Waals surface area contributed by atoms with Gasteiger partial charge in [0.15, 0.2) is 5.78 Å². The van der Waals surface area contributed by atoms with E-state index >= 15 is 0 Å². The number of carbonyl (C=O) groups excluding carboxylic acids is 2. The number of carbonyl (C=O) groups is 2. The van der Waals surface area contributed by atoms with Crippen molar-refractivity contribution in [1.82, 2.24) is 4.90 Å². The van der Waals surface area contributed by atoms with Gasteiger partial charge in [-0.15, -0.1) is 0 Å². The van der Waals surface area contributed by atoms with Crippen LogP contribution >= 0.6 is 0 Å². The van der Waals surface area contributed by atoms with Crippen molar-refractivity contribution in [3.8, 4) is 0 Å². The summed E-state index contributed by atoms with van der Waals surface area (Å²) in [5, 5.41) is 0. The molecule has 4 unspecified atom stereocenters. The Kier molecular flexibility index (Phi) is 2.69. The second kappa shape index (κ2) is 4.09. The Bertz CT molecular complexity index is 355. The molecule has 0 bridgehead atoms. The van der Waals surface area contributed by atoms with Gasteiger partial charge in [0.2, 0.25) is 0 Å². The van der Waals surface area contributed by atoms with Gasteiger partial charge in [-0.25, -0.2) is 0 Å². The van der Waals surface area contributed by atoms with Gasteiger partial charge in [-0.3, -0.25) is 14.5 Å². The molecule has 0 amide bonds. The van der Waals surface area contributed by atoms with E-state index in [9.17, 15) is 9.59 Å². The van der Waals surface area contributed by atoms with Gasteiger partial charge in [-0.1, -0.05) is 0 Å². The van der Waals surface area contributed by atoms with E-state index in [0.717, 1.165) is 32.2 Å². The van der Waals surface area contributed by atoms with Gasteiger partial charge in [-0.2, -0.15) is 0 Å². The molecule has 2 aliphatic heterocycles. The number of methoxy groups -OCH3 is 1. The fourth-order valence-corrected chi connectivity index (χ4v) is 3.98. The number of nitrogens with zero attached hydrogens (tertiary/aromatic N) is 1. The molecule has 0 spiro atoms. The minimum Gasteiger partial charge on any atom is -0.469 e. The third-order valence-electron chi connectivity index (χ3n) is 4.76. The van der Waals surface area contributed by atoms with Gasteiger partial charge < -0.3 is 4.74 Å². The van der Waals surface area contributed by atoms with Crippen molar-refractivity contribution in [2.24, 2.45) is 11.8 Å². The van der Waals surface area contributed by atoms with Crippen molar-refractivity contribution in [3.63, 3.8) is 0 Å². The Labute approximate surface area is 101 Å². The standard InChI is InChI=1S/C13H19NO3/c1-17-13(16)8-4-5-10-9(7-8)12(15)11-3-2-6-14(10)11/h8-11H,2-7H2,1H3. The molecular weight excluding hydrogens is 218 g/mol. The average Bonchev–Trinajstić information content (AvgIpc) is 2.92. The number of Topliss-reactive ketones (excluding diaryl/α,β-unsaturated/α-hetero) is 1. The normalized spacial score (nSPS) is 41.1. The minimum atomic E-state index is -0.136. The van der Waals surface area contributed by atoms with Crippen molar-refractivity contribution in [3.05, 3.63) is 0 Å². The van der Waals surface area contributed by atoms with Crippen LogP contribution in [0.5, 0.6) is 0 Å². The largest absolute Gasteiger partial charge is 0.469 e. The molecule has 2 saturated heterocycles. The highest BCUT2D eigenvalue weighted by molar-refractivity contribution is 5.90. The zero-order chi connectivity index (χ0) is 12.0. The summed E-state index contributed by atoms with van der Waals surface area (Å²) in [6.07, 6.45) is 4.75. The molecule has 0 aromatic heterocycles. The Balaban J connectivity index is 1.76. The van der Waals surface area contributed by atoms with Crippen LogP contribution in [-0.4, -0.2) is 42.4 Å². The topological polar surface area (TPSA) is 46.6 Å². The molecule has 4 heteroatoms. The first-order valence-electron chi connectivity index (χ1n) is 6.59. The summed E-state index contributed by atoms with van der Waals surface area (Å²) < 4.78 is 4.80. The Morgan fingerprint density at radius 1 is 1.35 bits per heavy atom. The maximum Gasteiger partial charge on any atom is 0.308 e. The Hall–Kier alpha value is -0.900. The molecule has 4 nitrogen and oxygen atoms in total. The summed E-state index contributed by atoms with van der Waals surface area (Å²) in [4.78, 5) is 26.2. The lowest BCUT2D eigenvalue weighted by Crippen LogP contribution is -2.39. The van der Waals surface area contributed by atoms with E-state index in [2.05, 4.69) is 4.90 Å². The summed E-state index contributed by atoms with van der Waals surface area (Å²) >= 11 is 0. The van der Waals surface area contributed by atoms with Gasteiger partial charge in [0.05, 0.1) is 19.1 Å². The first kappa shape index (κ1) is 11.2. The molecule has 0 radical (unpaired) electrons. The van der Waals surface area contributed by atoms with Crippen LogP contribution in [0.25, 0.3) is 0 Å². The molecule has 94 valence electrons. The van der Waals surface area contributed by atoms with Crippen molar-refractivity contribution in [2.45, 2.75) is 44.2 Å². The van der Waals surface area contributed by atoms with E-state index < -0.39 is 0 Å². The molecule has 0 N–H and O–H groups in total. The van der Waals surface area contributed by atoms with Crippen LogP contribution in [0, 0.1) is 11.8 Å². The Morgan fingerprint density at radius 2 is 2.18 bits per heavy atom. The molecule has 1 aliphatic carbocycles. The lowest BCUT2D eigenvalue weighted by atomic mass is 9.77. The third-order valence-corrected chi connectivity index (χ3v) is 4.76. The quantitative estimate of drug-likeness (QED) is 0.638. The van der Waals surface area contributed by atoms with Gasteiger partial charge in [-0.05, 0) is 38.6 Å². The second-order valence-electron chi connectivity index (χ2n) is 5.51. The molecule has 0 aromatic carbocycles. The van der Waals surface area contributed by atoms with Crippen molar-refractivity contribution < 1.29 is 14.3 Å². The molecule has 4 atom stereocenters. The van der Waals surface area contributed by atoms with E-state index in [1.54, 1.807) is 0 Å². The van der Waals surface area contributed by atoms with Crippen LogP contribution in [-0.2, 0) is 14.3 Å². The van der Waals surface area contributed by atoms with Crippen molar-refractivity contribution in [1.29, 1.82) is 0 Å². The SMILES string of the molecule is COC(=O)C1CCC2C(C1)C(=O)C1CCCN12. The summed E-state index contributed by atoms with van der Waals surface area (Å²) in [5.74, 6) is 0.299. The highest BCUT2D eigenvalue weighted by Crippen LogP contribution is 2.43. The van der Waals surface area contributed by atoms with Crippen LogP contribution in [0.1, 0.15) is 32.1 Å². The van der Waals surface area contributed by atoms with Gasteiger partial charge in [0.25, 0.3) is 0 Å². The number of ether oxygens (including phenoxy) is 1. The van der Waals surface area contributed by atoms with Crippen LogP contribution in [0.15, 0.2) is 0 Å². The fourth-order valence-electron chi connectivity index (χ4n) is 3.98. The van der Waals surface area contributed by atoms with Gasteiger partial charge in [0, 0.05) is 12.0 Å². The van der Waals surface area contributed by atoms with Crippen LogP contribution in [0.2, 0.25) is 0 Å². The second-order valence-corrected chi connectivity index (χ2v) is 5.51. The van der Waals surface area contributed by atoms with E-state index in [1.165, 1.54) is 7.11 Å². The summed E-state index contributed by atoms with van der Waals surface area (Å²) in [6, 6.07) is 0.581. The van der Waals surface area contributed by atoms with E-state index in [1.807, 2.05) is 0 Å². The maximum atomic E-state index is 12.3. The van der Waals surface area contributed by atoms with Crippen molar-refractivity contribution in [2.75, 3.05) is 13.7 Å². The minimum absolute atomic E-state index is 0.0507. The maximum absolute atomic E-state index is 12.3. The van der Waals surface area contributed by atoms with Crippen LogP contribution in [0.3, 0.4) is 0 Å². The average molecular weight is 237 g/mol. The lowest BCUT2D eigenvalue weighted by molar-refractivity contribution is -0.147. The first-order valence-corrected chi connectivity index (χ1v) is 6.59. The fraction of sp³-hybridized carbons (Fsp3) is 0.846. The molecule has 1 saturated carbocycles. The number of ketones is 1. The molecule has 3 aliphatic rings. The van der Waals surface area contributed by atoms with Crippen LogP contribution < -0.4 is 0 Å². The van der Waals surface area contributed by atoms with Gasteiger partial charge >= 0.3 is 5.97 Å². The number of rotatable bonds is 1. The smallest absolute Gasteiger partial charge is 0.308 e. The first-order chi connectivity index (χ1) is 8.22. The van der Waals surface area contributed by atoms with E-state index in [-0.39, 0.29) is 23.8 Å². The third kappa shape index (κ3) is 1.61. The number of hydrogen-bond acceptors (Lipinski definition) is 4. The summed E-state index contributed by atoms with van der Waals surface area (Å²) in [7, 11) is 1.43. The number of hydrogen-bond donors (Lipinski definition) is 0. The molecule has 3 fully saturated rings. The monoisotopic (exact) mass is 237 g/mol. The molecule has 3 rings (SSSR count). The molecule has 0 aromatic rings. The molecule has 2 heterocycles. The molecule has 17 heavy (non-hydrogen) atoms. The van der Waals surface area contributed by atoms with E-state index in [4.69, 9.17) is 4.74 Å². The van der Waals surface area contributed by atoms with E-state index in [0.29, 0.717) is 18.2 Å². The predicted molar refractivity (Wildman–Crippen MR) is 61.4 cm³/mol. The summed E-state index contributed by atoms with van der Waals surface area (Å²) in [5.41, 5.74) is 0. The predicted octanol–water partition coefficient (Wildman–Crippen LogP) is 0.991. The highest BCUT2D eigenvalue weighted by atomic mass is 16.5. The number of esters is 1.